The first-order valence-electron chi connectivity index (χ1n) is 4.80. The minimum absolute atomic E-state index is 0.263. The molecule has 4 heteroatoms. The fourth-order valence-corrected chi connectivity index (χ4v) is 1.43. The largest absolute Gasteiger partial charge is 0.455 e. The molecule has 0 spiro atoms. The number of furan rings is 1. The number of hydrogen-bond acceptors (Lipinski definition) is 2. The molecule has 1 heterocycles. The lowest BCUT2D eigenvalue weighted by Crippen LogP contribution is -2.10. The zero-order valence-corrected chi connectivity index (χ0v) is 9.20. The van der Waals surface area contributed by atoms with Gasteiger partial charge in [-0.25, -0.2) is 0 Å². The van der Waals surface area contributed by atoms with Crippen LogP contribution in [0.4, 0.5) is 5.69 Å². The summed E-state index contributed by atoms with van der Waals surface area (Å²) in [5.74, 6) is 0.834. The SMILES string of the molecule is O=C(Nc1ccccc1)c1ccc(CCl)o1. The van der Waals surface area contributed by atoms with Crippen molar-refractivity contribution in [2.45, 2.75) is 5.88 Å². The van der Waals surface area contributed by atoms with Gasteiger partial charge in [0.15, 0.2) is 5.76 Å². The second-order valence-corrected chi connectivity index (χ2v) is 3.49. The van der Waals surface area contributed by atoms with E-state index >= 15 is 0 Å². The molecule has 1 amide bonds. The van der Waals surface area contributed by atoms with Crippen LogP contribution in [0, 0.1) is 0 Å². The number of carbonyl (C=O) groups is 1. The summed E-state index contributed by atoms with van der Waals surface area (Å²) in [7, 11) is 0. The van der Waals surface area contributed by atoms with E-state index in [1.807, 2.05) is 30.3 Å². The zero-order valence-electron chi connectivity index (χ0n) is 8.44. The number of rotatable bonds is 3. The number of nitrogens with one attached hydrogen (secondary N) is 1. The summed E-state index contributed by atoms with van der Waals surface area (Å²) in [6.45, 7) is 0. The fourth-order valence-electron chi connectivity index (χ4n) is 1.29. The lowest BCUT2D eigenvalue weighted by molar-refractivity contribution is 0.0995. The smallest absolute Gasteiger partial charge is 0.291 e. The first-order chi connectivity index (χ1) is 7.79. The third-order valence-corrected chi connectivity index (χ3v) is 2.31. The molecule has 0 saturated heterocycles. The summed E-state index contributed by atoms with van der Waals surface area (Å²) in [6, 6.07) is 12.5. The highest BCUT2D eigenvalue weighted by Crippen LogP contribution is 2.13. The Labute approximate surface area is 98.0 Å². The lowest BCUT2D eigenvalue weighted by atomic mass is 10.3. The number of anilines is 1. The first kappa shape index (κ1) is 10.8. The number of amides is 1. The zero-order chi connectivity index (χ0) is 11.4. The number of alkyl halides is 1. The van der Waals surface area contributed by atoms with E-state index in [2.05, 4.69) is 5.32 Å². The van der Waals surface area contributed by atoms with Crippen molar-refractivity contribution in [3.8, 4) is 0 Å². The molecule has 0 unspecified atom stereocenters. The Kier molecular flexibility index (Phi) is 3.27. The minimum Gasteiger partial charge on any atom is -0.455 e. The molecule has 2 aromatic rings. The van der Waals surface area contributed by atoms with Gasteiger partial charge in [-0.05, 0) is 24.3 Å². The highest BCUT2D eigenvalue weighted by molar-refractivity contribution is 6.16. The van der Waals surface area contributed by atoms with Crippen molar-refractivity contribution in [1.82, 2.24) is 0 Å². The van der Waals surface area contributed by atoms with Crippen LogP contribution in [0.2, 0.25) is 0 Å². The molecule has 0 aliphatic rings. The number of halogens is 1. The van der Waals surface area contributed by atoms with Crippen LogP contribution in [-0.4, -0.2) is 5.91 Å². The molecule has 0 aliphatic carbocycles. The van der Waals surface area contributed by atoms with E-state index in [-0.39, 0.29) is 17.5 Å². The molecule has 0 bridgehead atoms. The molecule has 16 heavy (non-hydrogen) atoms. The Morgan fingerprint density at radius 3 is 2.56 bits per heavy atom. The van der Waals surface area contributed by atoms with Crippen LogP contribution in [-0.2, 0) is 5.88 Å². The molecule has 0 fully saturated rings. The Morgan fingerprint density at radius 1 is 1.19 bits per heavy atom. The molecule has 1 aromatic heterocycles. The minimum atomic E-state index is -0.275. The lowest BCUT2D eigenvalue weighted by Gasteiger charge is -2.01. The molecule has 1 aromatic carbocycles. The van der Waals surface area contributed by atoms with Gasteiger partial charge in [0, 0.05) is 5.69 Å². The van der Waals surface area contributed by atoms with E-state index in [1.54, 1.807) is 12.1 Å². The predicted molar refractivity (Wildman–Crippen MR) is 62.7 cm³/mol. The highest BCUT2D eigenvalue weighted by Gasteiger charge is 2.10. The van der Waals surface area contributed by atoms with Crippen LogP contribution in [0.15, 0.2) is 46.9 Å². The average molecular weight is 236 g/mol. The maximum absolute atomic E-state index is 11.7. The number of benzene rings is 1. The average Bonchev–Trinajstić information content (AvgIpc) is 2.79. The number of carbonyl (C=O) groups excluding carboxylic acids is 1. The van der Waals surface area contributed by atoms with Gasteiger partial charge in [0.1, 0.15) is 5.76 Å². The molecule has 0 atom stereocenters. The van der Waals surface area contributed by atoms with Crippen molar-refractivity contribution in [1.29, 1.82) is 0 Å². The van der Waals surface area contributed by atoms with Crippen LogP contribution in [0.1, 0.15) is 16.3 Å². The van der Waals surface area contributed by atoms with Crippen LogP contribution in [0.3, 0.4) is 0 Å². The van der Waals surface area contributed by atoms with Gasteiger partial charge < -0.3 is 9.73 Å². The second kappa shape index (κ2) is 4.86. The monoisotopic (exact) mass is 235 g/mol. The van der Waals surface area contributed by atoms with E-state index in [9.17, 15) is 4.79 Å². The van der Waals surface area contributed by atoms with E-state index < -0.39 is 0 Å². The van der Waals surface area contributed by atoms with Gasteiger partial charge in [-0.1, -0.05) is 18.2 Å². The molecular formula is C12H10ClNO2. The van der Waals surface area contributed by atoms with Gasteiger partial charge >= 0.3 is 0 Å². The topological polar surface area (TPSA) is 42.2 Å². The molecule has 82 valence electrons. The van der Waals surface area contributed by atoms with Crippen molar-refractivity contribution in [3.05, 3.63) is 54.0 Å². The molecular weight excluding hydrogens is 226 g/mol. The Balaban J connectivity index is 2.09. The standard InChI is InChI=1S/C12H10ClNO2/c13-8-10-6-7-11(16-10)12(15)14-9-4-2-1-3-5-9/h1-7H,8H2,(H,14,15). The quantitative estimate of drug-likeness (QED) is 0.830. The van der Waals surface area contributed by atoms with Crippen molar-refractivity contribution >= 4 is 23.2 Å². The van der Waals surface area contributed by atoms with Crippen LogP contribution < -0.4 is 5.32 Å². The summed E-state index contributed by atoms with van der Waals surface area (Å²) in [5.41, 5.74) is 0.733. The van der Waals surface area contributed by atoms with Gasteiger partial charge in [-0.2, -0.15) is 0 Å². The van der Waals surface area contributed by atoms with Crippen LogP contribution in [0.5, 0.6) is 0 Å². The first-order valence-corrected chi connectivity index (χ1v) is 5.34. The van der Waals surface area contributed by atoms with Crippen LogP contribution >= 0.6 is 11.6 Å². The van der Waals surface area contributed by atoms with Gasteiger partial charge in [-0.15, -0.1) is 11.6 Å². The van der Waals surface area contributed by atoms with E-state index in [0.717, 1.165) is 5.69 Å². The normalized spacial score (nSPS) is 10.1. The van der Waals surface area contributed by atoms with E-state index in [4.69, 9.17) is 16.0 Å². The molecule has 1 N–H and O–H groups in total. The molecule has 0 saturated carbocycles. The Hall–Kier alpha value is -1.74. The van der Waals surface area contributed by atoms with Gasteiger partial charge in [-0.3, -0.25) is 4.79 Å². The number of hydrogen-bond donors (Lipinski definition) is 1. The molecule has 3 nitrogen and oxygen atoms in total. The maximum Gasteiger partial charge on any atom is 0.291 e. The second-order valence-electron chi connectivity index (χ2n) is 3.22. The highest BCUT2D eigenvalue weighted by atomic mass is 35.5. The van der Waals surface area contributed by atoms with Gasteiger partial charge in [0.2, 0.25) is 0 Å². The Morgan fingerprint density at radius 2 is 1.94 bits per heavy atom. The summed E-state index contributed by atoms with van der Waals surface area (Å²) in [4.78, 5) is 11.7. The predicted octanol–water partition coefficient (Wildman–Crippen LogP) is 3.27. The summed E-state index contributed by atoms with van der Waals surface area (Å²) < 4.78 is 5.22. The molecule has 0 aliphatic heterocycles. The maximum atomic E-state index is 11.7. The molecule has 2 rings (SSSR count). The van der Waals surface area contributed by atoms with Crippen LogP contribution in [0.25, 0.3) is 0 Å². The van der Waals surface area contributed by atoms with Crippen molar-refractivity contribution in [3.63, 3.8) is 0 Å². The van der Waals surface area contributed by atoms with Crippen molar-refractivity contribution in [2.75, 3.05) is 5.32 Å². The number of para-hydroxylation sites is 1. The summed E-state index contributed by atoms with van der Waals surface area (Å²) in [5, 5.41) is 2.72. The third-order valence-electron chi connectivity index (χ3n) is 2.05. The fraction of sp³-hybridized carbons (Fsp3) is 0.0833. The van der Waals surface area contributed by atoms with Crippen molar-refractivity contribution < 1.29 is 9.21 Å². The molecule has 0 radical (unpaired) electrons. The van der Waals surface area contributed by atoms with E-state index in [0.29, 0.717) is 5.76 Å². The third kappa shape index (κ3) is 2.44. The van der Waals surface area contributed by atoms with Crippen molar-refractivity contribution in [2.24, 2.45) is 0 Å². The summed E-state index contributed by atoms with van der Waals surface area (Å²) >= 11 is 5.58. The van der Waals surface area contributed by atoms with E-state index in [1.165, 1.54) is 0 Å². The Bertz CT molecular complexity index is 479. The summed E-state index contributed by atoms with van der Waals surface area (Å²) in [6.07, 6.45) is 0. The van der Waals surface area contributed by atoms with Gasteiger partial charge in [0.25, 0.3) is 5.91 Å². The van der Waals surface area contributed by atoms with Gasteiger partial charge in [0.05, 0.1) is 5.88 Å².